The van der Waals surface area contributed by atoms with Gasteiger partial charge in [-0.1, -0.05) is 0 Å². The molecule has 0 atom stereocenters. The maximum Gasteiger partial charge on any atom is 0.390 e. The lowest BCUT2D eigenvalue weighted by atomic mass is 10.4. The maximum absolute atomic E-state index is 11.9. The van der Waals surface area contributed by atoms with Gasteiger partial charge >= 0.3 is 12.1 Å². The van der Waals surface area contributed by atoms with E-state index in [4.69, 9.17) is 4.74 Å². The van der Waals surface area contributed by atoms with E-state index in [1.54, 1.807) is 13.8 Å². The first-order chi connectivity index (χ1) is 8.33. The van der Waals surface area contributed by atoms with Crippen LogP contribution in [0.2, 0.25) is 0 Å². The predicted octanol–water partition coefficient (Wildman–Crippen LogP) is 2.99. The molecule has 0 saturated heterocycles. The highest BCUT2D eigenvalue weighted by Gasteiger charge is 2.26. The number of hydrogen-bond donors (Lipinski definition) is 1. The predicted molar refractivity (Wildman–Crippen MR) is 62.0 cm³/mol. The van der Waals surface area contributed by atoms with Gasteiger partial charge in [0.15, 0.2) is 10.8 Å². The summed E-state index contributed by atoms with van der Waals surface area (Å²) in [4.78, 5) is 16.0. The van der Waals surface area contributed by atoms with Crippen LogP contribution in [0.25, 0.3) is 0 Å². The van der Waals surface area contributed by atoms with Crippen molar-refractivity contribution in [2.75, 3.05) is 18.5 Å². The lowest BCUT2D eigenvalue weighted by Crippen LogP contribution is -2.14. The molecule has 4 nitrogen and oxygen atoms in total. The van der Waals surface area contributed by atoms with Crippen molar-refractivity contribution in [2.24, 2.45) is 0 Å². The van der Waals surface area contributed by atoms with Gasteiger partial charge < -0.3 is 10.1 Å². The number of hydrogen-bond acceptors (Lipinski definition) is 5. The molecule has 0 aliphatic carbocycles. The summed E-state index contributed by atoms with van der Waals surface area (Å²) in [5.74, 6) is -0.560. The second kappa shape index (κ2) is 6.03. The largest absolute Gasteiger partial charge is 0.461 e. The van der Waals surface area contributed by atoms with E-state index in [-0.39, 0.29) is 18.8 Å². The number of carbonyl (C=O) groups excluding carboxylic acids is 1. The smallest absolute Gasteiger partial charge is 0.390 e. The van der Waals surface area contributed by atoms with Crippen LogP contribution < -0.4 is 5.32 Å². The summed E-state index contributed by atoms with van der Waals surface area (Å²) < 4.78 is 40.6. The molecule has 0 aliphatic heterocycles. The number of aromatic nitrogens is 1. The topological polar surface area (TPSA) is 51.2 Å². The molecule has 1 heterocycles. The summed E-state index contributed by atoms with van der Waals surface area (Å²) in [5, 5.41) is 2.83. The van der Waals surface area contributed by atoms with Gasteiger partial charge in [0.1, 0.15) is 0 Å². The Bertz CT molecular complexity index is 418. The van der Waals surface area contributed by atoms with Crippen LogP contribution in [0.3, 0.4) is 0 Å². The molecule has 18 heavy (non-hydrogen) atoms. The van der Waals surface area contributed by atoms with Gasteiger partial charge in [-0.25, -0.2) is 9.78 Å². The van der Waals surface area contributed by atoms with Crippen molar-refractivity contribution < 1.29 is 22.7 Å². The average molecular weight is 282 g/mol. The Hall–Kier alpha value is -1.31. The van der Waals surface area contributed by atoms with Gasteiger partial charge in [0.25, 0.3) is 0 Å². The van der Waals surface area contributed by atoms with Gasteiger partial charge in [0.2, 0.25) is 0 Å². The van der Waals surface area contributed by atoms with Crippen LogP contribution >= 0.6 is 11.3 Å². The summed E-state index contributed by atoms with van der Waals surface area (Å²) in [6, 6.07) is 0. The van der Waals surface area contributed by atoms with E-state index in [0.29, 0.717) is 10.0 Å². The molecule has 0 aliphatic rings. The molecule has 0 amide bonds. The zero-order valence-corrected chi connectivity index (χ0v) is 10.7. The van der Waals surface area contributed by atoms with Crippen molar-refractivity contribution in [3.63, 3.8) is 0 Å². The average Bonchev–Trinajstić information content (AvgIpc) is 2.58. The summed E-state index contributed by atoms with van der Waals surface area (Å²) in [6.45, 7) is 3.30. The molecule has 102 valence electrons. The molecular weight excluding hydrogens is 269 g/mol. The van der Waals surface area contributed by atoms with Crippen molar-refractivity contribution in [3.05, 3.63) is 10.6 Å². The Kier molecular flexibility index (Phi) is 4.94. The fraction of sp³-hybridized carbons (Fsp3) is 0.600. The van der Waals surface area contributed by atoms with Crippen LogP contribution in [0.1, 0.15) is 28.7 Å². The third-order valence-electron chi connectivity index (χ3n) is 1.95. The number of aryl methyl sites for hydroxylation is 1. The molecule has 0 bridgehead atoms. The van der Waals surface area contributed by atoms with E-state index in [0.717, 1.165) is 11.3 Å². The minimum atomic E-state index is -4.21. The second-order valence-electron chi connectivity index (χ2n) is 3.44. The number of anilines is 1. The lowest BCUT2D eigenvalue weighted by molar-refractivity contribution is -0.131. The highest BCUT2D eigenvalue weighted by Crippen LogP contribution is 2.24. The number of rotatable bonds is 5. The van der Waals surface area contributed by atoms with Crippen LogP contribution in [-0.4, -0.2) is 30.3 Å². The number of carbonyl (C=O) groups is 1. The molecule has 1 aromatic heterocycles. The first-order valence-corrected chi connectivity index (χ1v) is 6.10. The van der Waals surface area contributed by atoms with Crippen molar-refractivity contribution in [3.8, 4) is 0 Å². The normalized spacial score (nSPS) is 11.4. The highest BCUT2D eigenvalue weighted by molar-refractivity contribution is 7.15. The van der Waals surface area contributed by atoms with Gasteiger partial charge in [-0.2, -0.15) is 13.2 Å². The zero-order chi connectivity index (χ0) is 13.8. The van der Waals surface area contributed by atoms with Gasteiger partial charge in [-0.05, 0) is 13.8 Å². The van der Waals surface area contributed by atoms with Crippen molar-refractivity contribution in [1.82, 2.24) is 4.98 Å². The minimum Gasteiger partial charge on any atom is -0.461 e. The van der Waals surface area contributed by atoms with Crippen molar-refractivity contribution >= 4 is 22.4 Å². The molecule has 0 spiro atoms. The van der Waals surface area contributed by atoms with Crippen molar-refractivity contribution in [1.29, 1.82) is 0 Å². The van der Waals surface area contributed by atoms with E-state index < -0.39 is 18.6 Å². The fourth-order valence-corrected chi connectivity index (χ4v) is 2.00. The Morgan fingerprint density at radius 1 is 1.50 bits per heavy atom. The molecule has 0 radical (unpaired) electrons. The highest BCUT2D eigenvalue weighted by atomic mass is 32.1. The van der Waals surface area contributed by atoms with Crippen LogP contribution in [-0.2, 0) is 4.74 Å². The number of nitrogens with one attached hydrogen (secondary N) is 1. The SMILES string of the molecule is CCOC(=O)c1nc(NCCC(F)(F)F)sc1C. The summed E-state index contributed by atoms with van der Waals surface area (Å²) in [6.07, 6.45) is -5.15. The Morgan fingerprint density at radius 3 is 2.72 bits per heavy atom. The van der Waals surface area contributed by atoms with E-state index >= 15 is 0 Å². The first kappa shape index (κ1) is 14.7. The number of nitrogens with zero attached hydrogens (tertiary/aromatic N) is 1. The van der Waals surface area contributed by atoms with Crippen LogP contribution in [0.4, 0.5) is 18.3 Å². The number of thiazole rings is 1. The molecule has 1 aromatic rings. The quantitative estimate of drug-likeness (QED) is 0.843. The number of alkyl halides is 3. The molecule has 1 N–H and O–H groups in total. The van der Waals surface area contributed by atoms with Crippen molar-refractivity contribution in [2.45, 2.75) is 26.4 Å². The zero-order valence-electron chi connectivity index (χ0n) is 9.93. The molecule has 0 unspecified atom stereocenters. The summed E-state index contributed by atoms with van der Waals surface area (Å²) >= 11 is 1.13. The van der Waals surface area contributed by atoms with E-state index in [2.05, 4.69) is 10.3 Å². The van der Waals surface area contributed by atoms with Gasteiger partial charge in [-0.15, -0.1) is 11.3 Å². The molecular formula is C10H13F3N2O2S. The Labute approximate surface area is 106 Å². The summed E-state index contributed by atoms with van der Waals surface area (Å²) in [5.41, 5.74) is 0.149. The number of esters is 1. The third-order valence-corrected chi connectivity index (χ3v) is 2.88. The van der Waals surface area contributed by atoms with Crippen LogP contribution in [0, 0.1) is 6.92 Å². The van der Waals surface area contributed by atoms with E-state index in [1.165, 1.54) is 0 Å². The number of halogens is 3. The Morgan fingerprint density at radius 2 is 2.17 bits per heavy atom. The van der Waals surface area contributed by atoms with Gasteiger partial charge in [-0.3, -0.25) is 0 Å². The maximum atomic E-state index is 11.9. The van der Waals surface area contributed by atoms with Gasteiger partial charge in [0, 0.05) is 11.4 Å². The molecule has 0 aromatic carbocycles. The van der Waals surface area contributed by atoms with Gasteiger partial charge in [0.05, 0.1) is 13.0 Å². The molecule has 8 heteroatoms. The molecule has 0 saturated carbocycles. The molecule has 1 rings (SSSR count). The van der Waals surface area contributed by atoms with E-state index in [9.17, 15) is 18.0 Å². The molecule has 0 fully saturated rings. The second-order valence-corrected chi connectivity index (χ2v) is 4.64. The van der Waals surface area contributed by atoms with Crippen LogP contribution in [0.15, 0.2) is 0 Å². The first-order valence-electron chi connectivity index (χ1n) is 5.28. The summed E-state index contributed by atoms with van der Waals surface area (Å²) in [7, 11) is 0. The monoisotopic (exact) mass is 282 g/mol. The lowest BCUT2D eigenvalue weighted by Gasteiger charge is -2.05. The minimum absolute atomic E-state index is 0.149. The van der Waals surface area contributed by atoms with E-state index in [1.807, 2.05) is 0 Å². The Balaban J connectivity index is 2.59. The standard InChI is InChI=1S/C10H13F3N2O2S/c1-3-17-8(16)7-6(2)18-9(15-7)14-5-4-10(11,12)13/h3-5H2,1-2H3,(H,14,15). The number of ether oxygens (including phenoxy) is 1. The van der Waals surface area contributed by atoms with Crippen LogP contribution in [0.5, 0.6) is 0 Å². The third kappa shape index (κ3) is 4.52. The fourth-order valence-electron chi connectivity index (χ4n) is 1.17.